The lowest BCUT2D eigenvalue weighted by atomic mass is 9.98. The number of nitrogens with zero attached hydrogens (tertiary/aromatic N) is 1. The molecule has 1 aliphatic heterocycles. The number of benzene rings is 1. The molecular formula is C22H37N3O3. The quantitative estimate of drug-likeness (QED) is 0.345. The molecule has 0 radical (unpaired) electrons. The van der Waals surface area contributed by atoms with Gasteiger partial charge in [0.2, 0.25) is 0 Å². The highest BCUT2D eigenvalue weighted by atomic mass is 16.5. The van der Waals surface area contributed by atoms with Crippen LogP contribution in [0.4, 0.5) is 0 Å². The van der Waals surface area contributed by atoms with Crippen molar-refractivity contribution in [3.8, 4) is 5.75 Å². The fraction of sp³-hybridized carbons (Fsp3) is 0.682. The third-order valence-electron chi connectivity index (χ3n) is 5.23. The second-order valence-corrected chi connectivity index (χ2v) is 7.37. The van der Waals surface area contributed by atoms with Gasteiger partial charge in [-0.25, -0.2) is 0 Å². The van der Waals surface area contributed by atoms with Crippen LogP contribution in [0.1, 0.15) is 44.1 Å². The molecule has 1 atom stereocenters. The monoisotopic (exact) mass is 391 g/mol. The molecule has 0 bridgehead atoms. The Kier molecular flexibility index (Phi) is 10.8. The van der Waals surface area contributed by atoms with Crippen molar-refractivity contribution in [2.75, 3.05) is 53.7 Å². The van der Waals surface area contributed by atoms with Gasteiger partial charge in [-0.3, -0.25) is 4.99 Å². The number of aliphatic imine (C=N–C) groups is 1. The van der Waals surface area contributed by atoms with Crippen LogP contribution in [0.3, 0.4) is 0 Å². The predicted molar refractivity (Wildman–Crippen MR) is 114 cm³/mol. The Morgan fingerprint density at radius 3 is 2.57 bits per heavy atom. The largest absolute Gasteiger partial charge is 0.497 e. The molecule has 1 saturated heterocycles. The van der Waals surface area contributed by atoms with E-state index in [0.29, 0.717) is 11.8 Å². The van der Waals surface area contributed by atoms with E-state index < -0.39 is 0 Å². The maximum atomic E-state index is 5.80. The van der Waals surface area contributed by atoms with Gasteiger partial charge in [-0.1, -0.05) is 19.1 Å². The summed E-state index contributed by atoms with van der Waals surface area (Å²) in [5, 5.41) is 6.75. The number of hydrogen-bond acceptors (Lipinski definition) is 4. The Labute approximate surface area is 170 Å². The normalized spacial score (nSPS) is 16.6. The zero-order valence-electron chi connectivity index (χ0n) is 17.7. The van der Waals surface area contributed by atoms with Gasteiger partial charge in [0.25, 0.3) is 0 Å². The van der Waals surface area contributed by atoms with Gasteiger partial charge in [0.05, 0.1) is 7.11 Å². The standard InChI is InChI=1S/C22H37N3O3/c1-18(20-5-7-21(26-3)8-6-20)9-13-25-22(23-2)24-12-4-14-28-17-19-10-15-27-16-11-19/h5-8,18-19H,4,9-17H2,1-3H3,(H2,23,24,25). The van der Waals surface area contributed by atoms with Crippen LogP contribution in [0.15, 0.2) is 29.3 Å². The number of methoxy groups -OCH3 is 1. The Balaban J connectivity index is 1.53. The van der Waals surface area contributed by atoms with Gasteiger partial charge in [-0.05, 0) is 55.2 Å². The molecule has 2 N–H and O–H groups in total. The first-order valence-corrected chi connectivity index (χ1v) is 10.5. The molecule has 6 heteroatoms. The van der Waals surface area contributed by atoms with Crippen LogP contribution in [-0.2, 0) is 9.47 Å². The molecule has 0 amide bonds. The molecule has 1 aromatic carbocycles. The van der Waals surface area contributed by atoms with E-state index in [9.17, 15) is 0 Å². The molecule has 158 valence electrons. The molecule has 28 heavy (non-hydrogen) atoms. The summed E-state index contributed by atoms with van der Waals surface area (Å²) in [4.78, 5) is 4.29. The van der Waals surface area contributed by atoms with Crippen molar-refractivity contribution in [3.63, 3.8) is 0 Å². The highest BCUT2D eigenvalue weighted by molar-refractivity contribution is 5.79. The lowest BCUT2D eigenvalue weighted by Crippen LogP contribution is -2.38. The summed E-state index contributed by atoms with van der Waals surface area (Å²) in [6, 6.07) is 8.31. The van der Waals surface area contributed by atoms with Crippen LogP contribution in [-0.4, -0.2) is 59.6 Å². The summed E-state index contributed by atoms with van der Waals surface area (Å²) in [6.45, 7) is 7.41. The number of ether oxygens (including phenoxy) is 3. The highest BCUT2D eigenvalue weighted by Crippen LogP contribution is 2.21. The van der Waals surface area contributed by atoms with Gasteiger partial charge in [0, 0.05) is 46.6 Å². The molecule has 1 heterocycles. The Hall–Kier alpha value is -1.79. The molecule has 0 spiro atoms. The second kappa shape index (κ2) is 13.4. The maximum absolute atomic E-state index is 5.80. The lowest BCUT2D eigenvalue weighted by Gasteiger charge is -2.21. The van der Waals surface area contributed by atoms with Crippen molar-refractivity contribution < 1.29 is 14.2 Å². The summed E-state index contributed by atoms with van der Waals surface area (Å²) in [5.41, 5.74) is 1.33. The summed E-state index contributed by atoms with van der Waals surface area (Å²) >= 11 is 0. The van der Waals surface area contributed by atoms with E-state index in [2.05, 4.69) is 34.7 Å². The molecule has 1 unspecified atom stereocenters. The van der Waals surface area contributed by atoms with Crippen LogP contribution in [0, 0.1) is 5.92 Å². The third kappa shape index (κ3) is 8.48. The van der Waals surface area contributed by atoms with Crippen LogP contribution in [0.25, 0.3) is 0 Å². The van der Waals surface area contributed by atoms with Crippen LogP contribution < -0.4 is 15.4 Å². The highest BCUT2D eigenvalue weighted by Gasteiger charge is 2.13. The Bertz CT molecular complexity index is 557. The summed E-state index contributed by atoms with van der Waals surface area (Å²) in [5.74, 6) is 2.90. The van der Waals surface area contributed by atoms with E-state index in [4.69, 9.17) is 14.2 Å². The van der Waals surface area contributed by atoms with E-state index in [-0.39, 0.29) is 0 Å². The lowest BCUT2D eigenvalue weighted by molar-refractivity contribution is 0.0203. The SMILES string of the molecule is CN=C(NCCCOCC1CCOCC1)NCCC(C)c1ccc(OC)cc1. The summed E-state index contributed by atoms with van der Waals surface area (Å²) in [7, 11) is 3.50. The van der Waals surface area contributed by atoms with Gasteiger partial charge >= 0.3 is 0 Å². The fourth-order valence-corrected chi connectivity index (χ4v) is 3.27. The minimum atomic E-state index is 0.482. The predicted octanol–water partition coefficient (Wildman–Crippen LogP) is 3.19. The van der Waals surface area contributed by atoms with Gasteiger partial charge in [0.1, 0.15) is 5.75 Å². The van der Waals surface area contributed by atoms with Crippen molar-refractivity contribution in [2.45, 2.75) is 38.5 Å². The topological polar surface area (TPSA) is 64.1 Å². The van der Waals surface area contributed by atoms with Gasteiger partial charge in [-0.2, -0.15) is 0 Å². The number of hydrogen-bond donors (Lipinski definition) is 2. The third-order valence-corrected chi connectivity index (χ3v) is 5.23. The number of rotatable bonds is 11. The zero-order valence-corrected chi connectivity index (χ0v) is 17.7. The van der Waals surface area contributed by atoms with E-state index in [1.807, 2.05) is 19.2 Å². The molecular weight excluding hydrogens is 354 g/mol. The fourth-order valence-electron chi connectivity index (χ4n) is 3.27. The molecule has 1 aromatic rings. The average Bonchev–Trinajstić information content (AvgIpc) is 2.75. The van der Waals surface area contributed by atoms with E-state index in [1.54, 1.807) is 7.11 Å². The molecule has 1 fully saturated rings. The van der Waals surface area contributed by atoms with Gasteiger partial charge in [0.15, 0.2) is 5.96 Å². The Morgan fingerprint density at radius 2 is 1.89 bits per heavy atom. The van der Waals surface area contributed by atoms with Gasteiger partial charge < -0.3 is 24.8 Å². The molecule has 1 aliphatic rings. The first kappa shape index (κ1) is 22.5. The molecule has 0 aromatic heterocycles. The van der Waals surface area contributed by atoms with E-state index in [1.165, 1.54) is 5.56 Å². The van der Waals surface area contributed by atoms with E-state index in [0.717, 1.165) is 76.9 Å². The van der Waals surface area contributed by atoms with E-state index >= 15 is 0 Å². The zero-order chi connectivity index (χ0) is 20.0. The second-order valence-electron chi connectivity index (χ2n) is 7.37. The smallest absolute Gasteiger partial charge is 0.190 e. The maximum Gasteiger partial charge on any atom is 0.190 e. The van der Waals surface area contributed by atoms with Crippen molar-refractivity contribution in [1.82, 2.24) is 10.6 Å². The van der Waals surface area contributed by atoms with Gasteiger partial charge in [-0.15, -0.1) is 0 Å². The molecule has 0 saturated carbocycles. The minimum absolute atomic E-state index is 0.482. The molecule has 2 rings (SSSR count). The average molecular weight is 392 g/mol. The van der Waals surface area contributed by atoms with Crippen LogP contribution in [0.2, 0.25) is 0 Å². The Morgan fingerprint density at radius 1 is 1.18 bits per heavy atom. The molecule has 6 nitrogen and oxygen atoms in total. The van der Waals surface area contributed by atoms with Crippen molar-refractivity contribution >= 4 is 5.96 Å². The van der Waals surface area contributed by atoms with Crippen LogP contribution >= 0.6 is 0 Å². The van der Waals surface area contributed by atoms with Crippen molar-refractivity contribution in [3.05, 3.63) is 29.8 Å². The first-order valence-electron chi connectivity index (χ1n) is 10.5. The number of guanidine groups is 1. The molecule has 0 aliphatic carbocycles. The van der Waals surface area contributed by atoms with Crippen molar-refractivity contribution in [1.29, 1.82) is 0 Å². The minimum Gasteiger partial charge on any atom is -0.497 e. The summed E-state index contributed by atoms with van der Waals surface area (Å²) < 4.78 is 16.4. The summed E-state index contributed by atoms with van der Waals surface area (Å²) in [6.07, 6.45) is 4.28. The van der Waals surface area contributed by atoms with Crippen LogP contribution in [0.5, 0.6) is 5.75 Å². The number of nitrogens with one attached hydrogen (secondary N) is 2. The first-order chi connectivity index (χ1) is 13.7. The van der Waals surface area contributed by atoms with Crippen molar-refractivity contribution in [2.24, 2.45) is 10.9 Å².